The summed E-state index contributed by atoms with van der Waals surface area (Å²) in [6.45, 7) is 1.31. The molecule has 0 radical (unpaired) electrons. The molecule has 106 valence electrons. The van der Waals surface area contributed by atoms with Crippen LogP contribution in [0.1, 0.15) is 6.42 Å². The molecule has 7 heteroatoms. The molecule has 0 saturated carbocycles. The lowest BCUT2D eigenvalue weighted by molar-refractivity contribution is -0.139. The molecule has 2 N–H and O–H groups in total. The highest BCUT2D eigenvalue weighted by Crippen LogP contribution is 2.01. The van der Waals surface area contributed by atoms with Crippen molar-refractivity contribution in [2.75, 3.05) is 46.2 Å². The fraction of sp³-hybridized carbons (Fsp3) is 0.818. The minimum Gasteiger partial charge on any atom is -0.480 e. The first-order valence-electron chi connectivity index (χ1n) is 5.76. The Morgan fingerprint density at radius 1 is 1.28 bits per heavy atom. The first-order valence-corrected chi connectivity index (χ1v) is 7.16. The van der Waals surface area contributed by atoms with Crippen LogP contribution >= 0.6 is 11.8 Å². The van der Waals surface area contributed by atoms with Crippen molar-refractivity contribution in [3.05, 3.63) is 0 Å². The number of carboxylic acids is 1. The lowest BCUT2D eigenvalue weighted by Gasteiger charge is -2.22. The fourth-order valence-corrected chi connectivity index (χ4v) is 1.68. The summed E-state index contributed by atoms with van der Waals surface area (Å²) in [4.78, 5) is 26.2. The zero-order valence-corrected chi connectivity index (χ0v) is 12.3. The van der Waals surface area contributed by atoms with Crippen molar-refractivity contribution < 1.29 is 14.7 Å². The number of hydrogen-bond acceptors (Lipinski definition) is 4. The van der Waals surface area contributed by atoms with E-state index >= 15 is 0 Å². The third-order valence-electron chi connectivity index (χ3n) is 2.44. The van der Waals surface area contributed by atoms with Crippen LogP contribution in [0.15, 0.2) is 0 Å². The van der Waals surface area contributed by atoms with Gasteiger partial charge in [0.2, 0.25) is 0 Å². The number of hydrogen-bond donors (Lipinski definition) is 2. The molecule has 0 heterocycles. The van der Waals surface area contributed by atoms with Gasteiger partial charge >= 0.3 is 12.0 Å². The van der Waals surface area contributed by atoms with E-state index in [4.69, 9.17) is 5.11 Å². The Balaban J connectivity index is 4.18. The minimum atomic E-state index is -0.988. The summed E-state index contributed by atoms with van der Waals surface area (Å²) in [5.41, 5.74) is 0. The number of nitrogens with zero attached hydrogens (tertiary/aromatic N) is 2. The Kier molecular flexibility index (Phi) is 8.57. The van der Waals surface area contributed by atoms with Crippen molar-refractivity contribution in [1.29, 1.82) is 0 Å². The number of aliphatic carboxylic acids is 1. The van der Waals surface area contributed by atoms with Crippen molar-refractivity contribution in [1.82, 2.24) is 15.1 Å². The molecule has 0 aliphatic heterocycles. The van der Waals surface area contributed by atoms with E-state index in [1.54, 1.807) is 18.8 Å². The number of carbonyl (C=O) groups is 2. The monoisotopic (exact) mass is 277 g/mol. The number of nitrogens with one attached hydrogen (secondary N) is 1. The standard InChI is InChI=1S/C11H23N3O3S/c1-13(2)6-7-14(3)11(17)12-9(10(15)16)5-8-18-4/h9H,5-8H2,1-4H3,(H,12,17)(H,15,16)/t9-/m1/s1. The summed E-state index contributed by atoms with van der Waals surface area (Å²) in [6, 6.07) is -1.16. The van der Waals surface area contributed by atoms with Crippen LogP contribution in [-0.2, 0) is 4.79 Å². The summed E-state index contributed by atoms with van der Waals surface area (Å²) < 4.78 is 0. The van der Waals surface area contributed by atoms with E-state index in [9.17, 15) is 9.59 Å². The van der Waals surface area contributed by atoms with Gasteiger partial charge in [0.05, 0.1) is 0 Å². The Morgan fingerprint density at radius 3 is 2.33 bits per heavy atom. The molecule has 6 nitrogen and oxygen atoms in total. The topological polar surface area (TPSA) is 72.9 Å². The lowest BCUT2D eigenvalue weighted by atomic mass is 10.2. The third kappa shape index (κ3) is 7.39. The summed E-state index contributed by atoms with van der Waals surface area (Å²) in [5.74, 6) is -0.281. The third-order valence-corrected chi connectivity index (χ3v) is 3.08. The van der Waals surface area contributed by atoms with Gasteiger partial charge in [0.15, 0.2) is 0 Å². The minimum absolute atomic E-state index is 0.342. The fourth-order valence-electron chi connectivity index (χ4n) is 1.20. The predicted molar refractivity (Wildman–Crippen MR) is 74.1 cm³/mol. The first kappa shape index (κ1) is 17.1. The average Bonchev–Trinajstić information content (AvgIpc) is 2.30. The lowest BCUT2D eigenvalue weighted by Crippen LogP contribution is -2.48. The first-order chi connectivity index (χ1) is 8.38. The molecule has 0 aromatic rings. The average molecular weight is 277 g/mol. The van der Waals surface area contributed by atoms with Gasteiger partial charge in [0.25, 0.3) is 0 Å². The number of urea groups is 1. The van der Waals surface area contributed by atoms with Gasteiger partial charge in [-0.25, -0.2) is 9.59 Å². The van der Waals surface area contributed by atoms with Gasteiger partial charge in [-0.1, -0.05) is 0 Å². The Hall–Kier alpha value is -0.950. The highest BCUT2D eigenvalue weighted by atomic mass is 32.2. The summed E-state index contributed by atoms with van der Waals surface area (Å²) in [6.07, 6.45) is 2.34. The summed E-state index contributed by atoms with van der Waals surface area (Å²) in [5, 5.41) is 11.5. The van der Waals surface area contributed by atoms with E-state index in [-0.39, 0.29) is 6.03 Å². The second-order valence-corrected chi connectivity index (χ2v) is 5.33. The number of thioether (sulfide) groups is 1. The molecule has 0 rings (SSSR count). The highest BCUT2D eigenvalue weighted by Gasteiger charge is 2.21. The van der Waals surface area contributed by atoms with E-state index in [1.165, 1.54) is 4.90 Å². The largest absolute Gasteiger partial charge is 0.480 e. The zero-order valence-electron chi connectivity index (χ0n) is 11.5. The van der Waals surface area contributed by atoms with E-state index < -0.39 is 12.0 Å². The number of likely N-dealkylation sites (N-methyl/N-ethyl adjacent to an activating group) is 2. The molecule has 0 aromatic carbocycles. The molecule has 0 saturated heterocycles. The van der Waals surface area contributed by atoms with Crippen molar-refractivity contribution >= 4 is 23.8 Å². The maximum Gasteiger partial charge on any atom is 0.326 e. The number of amides is 2. The smallest absolute Gasteiger partial charge is 0.326 e. The van der Waals surface area contributed by atoms with Crippen molar-refractivity contribution in [3.63, 3.8) is 0 Å². The van der Waals surface area contributed by atoms with Gasteiger partial charge in [-0.3, -0.25) is 0 Å². The molecule has 2 amide bonds. The molecule has 0 aliphatic carbocycles. The van der Waals surface area contributed by atoms with Gasteiger partial charge in [-0.05, 0) is 32.5 Å². The molecule has 0 aromatic heterocycles. The SMILES string of the molecule is CSCC[C@@H](NC(=O)N(C)CCN(C)C)C(=O)O. The zero-order chi connectivity index (χ0) is 14.1. The molecule has 0 fully saturated rings. The van der Waals surface area contributed by atoms with E-state index in [1.807, 2.05) is 25.3 Å². The number of carboxylic acid groups (broad SMARTS) is 1. The second-order valence-electron chi connectivity index (χ2n) is 4.35. The Labute approximate surface area is 113 Å². The summed E-state index contributed by atoms with van der Waals surface area (Å²) >= 11 is 1.56. The molecule has 1 atom stereocenters. The van der Waals surface area contributed by atoms with E-state index in [0.717, 1.165) is 6.54 Å². The predicted octanol–water partition coefficient (Wildman–Crippen LogP) is 0.396. The van der Waals surface area contributed by atoms with Crippen LogP contribution in [0.4, 0.5) is 4.79 Å². The molecule has 18 heavy (non-hydrogen) atoms. The van der Waals surface area contributed by atoms with Crippen LogP contribution in [-0.4, -0.2) is 79.2 Å². The maximum absolute atomic E-state index is 11.8. The van der Waals surface area contributed by atoms with Crippen molar-refractivity contribution in [3.8, 4) is 0 Å². The van der Waals surface area contributed by atoms with E-state index in [2.05, 4.69) is 5.32 Å². The number of carbonyl (C=O) groups excluding carboxylic acids is 1. The van der Waals surface area contributed by atoms with Crippen LogP contribution < -0.4 is 5.32 Å². The molecule has 0 aliphatic rings. The Morgan fingerprint density at radius 2 is 1.89 bits per heavy atom. The maximum atomic E-state index is 11.8. The second kappa shape index (κ2) is 9.04. The number of rotatable bonds is 8. The summed E-state index contributed by atoms with van der Waals surface area (Å²) in [7, 11) is 5.50. The van der Waals surface area contributed by atoms with Crippen LogP contribution in [0.5, 0.6) is 0 Å². The van der Waals surface area contributed by atoms with Crippen LogP contribution in [0.2, 0.25) is 0 Å². The van der Waals surface area contributed by atoms with Gasteiger partial charge in [-0.15, -0.1) is 0 Å². The molecule has 0 unspecified atom stereocenters. The molecule has 0 bridgehead atoms. The van der Waals surface area contributed by atoms with Gasteiger partial charge in [0, 0.05) is 20.1 Å². The van der Waals surface area contributed by atoms with Crippen LogP contribution in [0, 0.1) is 0 Å². The van der Waals surface area contributed by atoms with Gasteiger partial charge < -0.3 is 20.2 Å². The van der Waals surface area contributed by atoms with Crippen molar-refractivity contribution in [2.45, 2.75) is 12.5 Å². The van der Waals surface area contributed by atoms with Crippen molar-refractivity contribution in [2.24, 2.45) is 0 Å². The normalized spacial score (nSPS) is 12.3. The van der Waals surface area contributed by atoms with Gasteiger partial charge in [0.1, 0.15) is 6.04 Å². The van der Waals surface area contributed by atoms with Crippen LogP contribution in [0.25, 0.3) is 0 Å². The molecular weight excluding hydrogens is 254 g/mol. The highest BCUT2D eigenvalue weighted by molar-refractivity contribution is 7.98. The van der Waals surface area contributed by atoms with E-state index in [0.29, 0.717) is 18.7 Å². The molecule has 0 spiro atoms. The Bertz CT molecular complexity index is 274. The van der Waals surface area contributed by atoms with Crippen LogP contribution in [0.3, 0.4) is 0 Å². The quantitative estimate of drug-likeness (QED) is 0.672. The molecular formula is C11H23N3O3S. The van der Waals surface area contributed by atoms with Gasteiger partial charge in [-0.2, -0.15) is 11.8 Å².